The predicted octanol–water partition coefficient (Wildman–Crippen LogP) is 2.48. The number of aliphatic hydroxyl groups is 1. The molecule has 74 valence electrons. The molecule has 2 heteroatoms. The smallest absolute Gasteiger partial charge is 0.0862 e. The normalized spacial score (nSPS) is 24.6. The van der Waals surface area contributed by atoms with Gasteiger partial charge in [0.05, 0.1) is 17.1 Å². The highest BCUT2D eigenvalue weighted by Crippen LogP contribution is 2.53. The molecule has 0 aromatic carbocycles. The van der Waals surface area contributed by atoms with E-state index >= 15 is 0 Å². The van der Waals surface area contributed by atoms with Crippen LogP contribution in [0, 0.1) is 22.7 Å². The van der Waals surface area contributed by atoms with Crippen LogP contribution < -0.4 is 0 Å². The zero-order valence-corrected chi connectivity index (χ0v) is 8.80. The van der Waals surface area contributed by atoms with Crippen LogP contribution in [0.15, 0.2) is 0 Å². The molecule has 1 saturated carbocycles. The van der Waals surface area contributed by atoms with E-state index in [1.54, 1.807) is 0 Å². The van der Waals surface area contributed by atoms with Gasteiger partial charge in [0.2, 0.25) is 0 Å². The molecule has 0 aliphatic heterocycles. The van der Waals surface area contributed by atoms with Crippen molar-refractivity contribution in [3.8, 4) is 6.07 Å². The third kappa shape index (κ3) is 1.26. The summed E-state index contributed by atoms with van der Waals surface area (Å²) < 4.78 is 0. The fourth-order valence-corrected chi connectivity index (χ4v) is 2.47. The Morgan fingerprint density at radius 1 is 1.54 bits per heavy atom. The van der Waals surface area contributed by atoms with E-state index < -0.39 is 11.0 Å². The number of nitrogens with zero attached hydrogens (tertiary/aromatic N) is 1. The molecular formula is C11H19NO. The molecule has 1 rings (SSSR count). The summed E-state index contributed by atoms with van der Waals surface area (Å²) in [6, 6.07) is 2.34. The predicted molar refractivity (Wildman–Crippen MR) is 52.0 cm³/mol. The first-order valence-electron chi connectivity index (χ1n) is 5.16. The van der Waals surface area contributed by atoms with Crippen LogP contribution in [-0.2, 0) is 0 Å². The number of hydrogen-bond acceptors (Lipinski definition) is 2. The fourth-order valence-electron chi connectivity index (χ4n) is 2.47. The summed E-state index contributed by atoms with van der Waals surface area (Å²) in [5.41, 5.74) is -1.23. The summed E-state index contributed by atoms with van der Waals surface area (Å²) in [4.78, 5) is 0. The van der Waals surface area contributed by atoms with Gasteiger partial charge in [0.15, 0.2) is 0 Å². The second-order valence-electron chi connectivity index (χ2n) is 4.48. The highest BCUT2D eigenvalue weighted by molar-refractivity contribution is 5.16. The molecule has 0 bridgehead atoms. The van der Waals surface area contributed by atoms with Gasteiger partial charge in [-0.3, -0.25) is 0 Å². The zero-order valence-electron chi connectivity index (χ0n) is 8.80. The van der Waals surface area contributed by atoms with Crippen molar-refractivity contribution < 1.29 is 5.11 Å². The van der Waals surface area contributed by atoms with E-state index in [2.05, 4.69) is 6.07 Å². The molecule has 2 nitrogen and oxygen atoms in total. The lowest BCUT2D eigenvalue weighted by atomic mass is 9.55. The highest BCUT2D eigenvalue weighted by atomic mass is 16.3. The van der Waals surface area contributed by atoms with Crippen LogP contribution >= 0.6 is 0 Å². The Bertz CT molecular complexity index is 225. The van der Waals surface area contributed by atoms with Crippen LogP contribution in [0.25, 0.3) is 0 Å². The molecule has 0 saturated heterocycles. The highest BCUT2D eigenvalue weighted by Gasteiger charge is 2.55. The van der Waals surface area contributed by atoms with Crippen LogP contribution in [0.1, 0.15) is 46.5 Å². The number of hydrogen-bond donors (Lipinski definition) is 1. The Balaban J connectivity index is 2.94. The molecular weight excluding hydrogens is 162 g/mol. The Morgan fingerprint density at radius 3 is 2.15 bits per heavy atom. The number of nitriles is 1. The first-order valence-corrected chi connectivity index (χ1v) is 5.16. The van der Waals surface area contributed by atoms with E-state index in [0.29, 0.717) is 6.42 Å². The molecule has 1 fully saturated rings. The van der Waals surface area contributed by atoms with Gasteiger partial charge < -0.3 is 5.11 Å². The van der Waals surface area contributed by atoms with Crippen molar-refractivity contribution >= 4 is 0 Å². The van der Waals surface area contributed by atoms with Gasteiger partial charge in [0.25, 0.3) is 0 Å². The summed E-state index contributed by atoms with van der Waals surface area (Å²) in [6.45, 7) is 5.97. The fraction of sp³-hybridized carbons (Fsp3) is 0.909. The van der Waals surface area contributed by atoms with E-state index in [0.717, 1.165) is 19.3 Å². The summed E-state index contributed by atoms with van der Waals surface area (Å²) in [7, 11) is 0. The first kappa shape index (κ1) is 10.5. The Kier molecular flexibility index (Phi) is 2.68. The summed E-state index contributed by atoms with van der Waals surface area (Å²) in [5.74, 6) is 0.164. The molecule has 1 N–H and O–H groups in total. The van der Waals surface area contributed by atoms with Crippen molar-refractivity contribution in [3.63, 3.8) is 0 Å². The largest absolute Gasteiger partial charge is 0.388 e. The van der Waals surface area contributed by atoms with Crippen LogP contribution in [0.3, 0.4) is 0 Å². The topological polar surface area (TPSA) is 44.0 Å². The van der Waals surface area contributed by atoms with Crippen molar-refractivity contribution in [1.29, 1.82) is 5.26 Å². The van der Waals surface area contributed by atoms with Gasteiger partial charge >= 0.3 is 0 Å². The van der Waals surface area contributed by atoms with Crippen molar-refractivity contribution in [2.24, 2.45) is 11.3 Å². The second kappa shape index (κ2) is 3.31. The second-order valence-corrected chi connectivity index (χ2v) is 4.48. The average Bonchev–Trinajstić information content (AvgIpc) is 2.02. The molecule has 0 spiro atoms. The zero-order chi connectivity index (χ0) is 10.1. The quantitative estimate of drug-likeness (QED) is 0.727. The first-order chi connectivity index (χ1) is 6.02. The minimum atomic E-state index is -0.778. The minimum Gasteiger partial charge on any atom is -0.388 e. The van der Waals surface area contributed by atoms with Gasteiger partial charge in [-0.1, -0.05) is 27.2 Å². The van der Waals surface area contributed by atoms with Crippen LogP contribution in [0.4, 0.5) is 0 Å². The van der Waals surface area contributed by atoms with Gasteiger partial charge in [-0.15, -0.1) is 0 Å². The monoisotopic (exact) mass is 181 g/mol. The van der Waals surface area contributed by atoms with Gasteiger partial charge in [0, 0.05) is 0 Å². The van der Waals surface area contributed by atoms with Crippen molar-refractivity contribution in [1.82, 2.24) is 0 Å². The lowest BCUT2D eigenvalue weighted by Gasteiger charge is -2.50. The lowest BCUT2D eigenvalue weighted by molar-refractivity contribution is -0.128. The Morgan fingerprint density at radius 2 is 2.08 bits per heavy atom. The van der Waals surface area contributed by atoms with E-state index in [1.165, 1.54) is 0 Å². The molecule has 13 heavy (non-hydrogen) atoms. The van der Waals surface area contributed by atoms with Crippen molar-refractivity contribution in [2.45, 2.75) is 52.1 Å². The Labute approximate surface area is 80.6 Å². The maximum Gasteiger partial charge on any atom is 0.0862 e. The molecule has 1 atom stereocenters. The average molecular weight is 181 g/mol. The Hall–Kier alpha value is -0.550. The van der Waals surface area contributed by atoms with E-state index in [9.17, 15) is 5.11 Å². The maximum atomic E-state index is 10.4. The lowest BCUT2D eigenvalue weighted by Crippen LogP contribution is -2.54. The van der Waals surface area contributed by atoms with E-state index in [1.807, 2.05) is 20.8 Å². The summed E-state index contributed by atoms with van der Waals surface area (Å²) >= 11 is 0. The molecule has 0 heterocycles. The van der Waals surface area contributed by atoms with Crippen LogP contribution in [0.2, 0.25) is 0 Å². The molecule has 0 radical (unpaired) electrons. The standard InChI is InChI=1S/C11H19NO/c1-4-11(13,9(2)3)10(8-12)6-5-7-10/h9,13H,4-7H2,1-3H3. The maximum absolute atomic E-state index is 10.4. The summed E-state index contributed by atoms with van der Waals surface area (Å²) in [5, 5.41) is 19.6. The molecule has 0 aromatic heterocycles. The van der Waals surface area contributed by atoms with Gasteiger partial charge in [-0.25, -0.2) is 0 Å². The van der Waals surface area contributed by atoms with Crippen LogP contribution in [0.5, 0.6) is 0 Å². The van der Waals surface area contributed by atoms with E-state index in [-0.39, 0.29) is 5.92 Å². The third-order valence-electron chi connectivity index (χ3n) is 3.74. The molecule has 1 aliphatic rings. The minimum absolute atomic E-state index is 0.164. The number of rotatable bonds is 3. The third-order valence-corrected chi connectivity index (χ3v) is 3.74. The molecule has 1 unspecified atom stereocenters. The summed E-state index contributed by atoms with van der Waals surface area (Å²) in [6.07, 6.45) is 3.50. The SMILES string of the molecule is CCC(O)(C(C)C)C1(C#N)CCC1. The van der Waals surface area contributed by atoms with Gasteiger partial charge in [-0.2, -0.15) is 5.26 Å². The molecule has 0 amide bonds. The van der Waals surface area contributed by atoms with Crippen molar-refractivity contribution in [2.75, 3.05) is 0 Å². The van der Waals surface area contributed by atoms with Gasteiger partial charge in [-0.05, 0) is 25.2 Å². The molecule has 1 aliphatic carbocycles. The van der Waals surface area contributed by atoms with Crippen LogP contribution in [-0.4, -0.2) is 10.7 Å². The van der Waals surface area contributed by atoms with Crippen molar-refractivity contribution in [3.05, 3.63) is 0 Å². The molecule has 0 aromatic rings. The van der Waals surface area contributed by atoms with E-state index in [4.69, 9.17) is 5.26 Å². The van der Waals surface area contributed by atoms with Gasteiger partial charge in [0.1, 0.15) is 0 Å².